The third-order valence-electron chi connectivity index (χ3n) is 1.59. The molecule has 2 rings (SSSR count). The van der Waals surface area contributed by atoms with Crippen molar-refractivity contribution in [3.8, 4) is 0 Å². The summed E-state index contributed by atoms with van der Waals surface area (Å²) in [7, 11) is -3.05. The molecule has 0 aromatic rings. The quantitative estimate of drug-likeness (QED) is 0.416. The Morgan fingerprint density at radius 1 is 1.15 bits per heavy atom. The summed E-state index contributed by atoms with van der Waals surface area (Å²) in [6.45, 7) is 1.02. The first-order valence-corrected chi connectivity index (χ1v) is 5.71. The van der Waals surface area contributed by atoms with Gasteiger partial charge in [0.15, 0.2) is 0 Å². The predicted octanol–water partition coefficient (Wildman–Crippen LogP) is 0.0599. The molecule has 2 fully saturated rings. The summed E-state index contributed by atoms with van der Waals surface area (Å²) < 4.78 is 29.2. The Bertz CT molecular complexity index is 249. The number of hydrogen-bond acceptors (Lipinski definition) is 5. The average molecular weight is 208 g/mol. The zero-order chi connectivity index (χ0) is 9.73. The van der Waals surface area contributed by atoms with Gasteiger partial charge in [-0.25, -0.2) is 0 Å². The van der Waals surface area contributed by atoms with Gasteiger partial charge < -0.3 is 4.74 Å². The molecule has 76 valence electrons. The number of carbonyl (C=O) groups excluding carboxylic acids is 1. The van der Waals surface area contributed by atoms with E-state index in [9.17, 15) is 13.2 Å². The predicted molar refractivity (Wildman–Crippen MR) is 44.5 cm³/mol. The Kier molecular flexibility index (Phi) is 3.68. The lowest BCUT2D eigenvalue weighted by molar-refractivity contribution is -0.137. The minimum Gasteiger partial charge on any atom is -0.466 e. The Balaban J connectivity index is 0.000000132. The highest BCUT2D eigenvalue weighted by Gasteiger charge is 2.16. The van der Waals surface area contributed by atoms with Crippen molar-refractivity contribution in [2.45, 2.75) is 19.3 Å². The van der Waals surface area contributed by atoms with Gasteiger partial charge in [-0.3, -0.25) is 8.98 Å². The third kappa shape index (κ3) is 4.23. The SMILES string of the molecule is O=C1CCCO1.O=S1(=O)CCCO1. The van der Waals surface area contributed by atoms with Gasteiger partial charge in [0, 0.05) is 6.42 Å². The van der Waals surface area contributed by atoms with Gasteiger partial charge in [0.2, 0.25) is 0 Å². The molecule has 0 bridgehead atoms. The number of hydrogen-bond donors (Lipinski definition) is 0. The molecule has 0 saturated carbocycles. The second-order valence-electron chi connectivity index (χ2n) is 2.76. The number of carbonyl (C=O) groups is 1. The maximum absolute atomic E-state index is 10.2. The van der Waals surface area contributed by atoms with Gasteiger partial charge in [0.05, 0.1) is 19.0 Å². The van der Waals surface area contributed by atoms with Gasteiger partial charge >= 0.3 is 5.97 Å². The van der Waals surface area contributed by atoms with E-state index in [1.54, 1.807) is 0 Å². The molecule has 0 spiro atoms. The third-order valence-corrected chi connectivity index (χ3v) is 2.90. The van der Waals surface area contributed by atoms with Crippen LogP contribution in [0.15, 0.2) is 0 Å². The van der Waals surface area contributed by atoms with Crippen molar-refractivity contribution in [3.05, 3.63) is 0 Å². The highest BCUT2D eigenvalue weighted by molar-refractivity contribution is 7.86. The summed E-state index contributed by atoms with van der Waals surface area (Å²) in [5.41, 5.74) is 0. The molecule has 0 unspecified atom stereocenters. The smallest absolute Gasteiger partial charge is 0.305 e. The van der Waals surface area contributed by atoms with Crippen molar-refractivity contribution in [3.63, 3.8) is 0 Å². The molecule has 0 aromatic carbocycles. The van der Waals surface area contributed by atoms with Crippen molar-refractivity contribution >= 4 is 16.1 Å². The highest BCUT2D eigenvalue weighted by Crippen LogP contribution is 2.04. The summed E-state index contributed by atoms with van der Waals surface area (Å²) in [5.74, 6) is 0.155. The van der Waals surface area contributed by atoms with Crippen LogP contribution in [-0.4, -0.2) is 33.4 Å². The van der Waals surface area contributed by atoms with E-state index in [0.29, 0.717) is 26.1 Å². The van der Waals surface area contributed by atoms with Crippen LogP contribution in [0.4, 0.5) is 0 Å². The standard InChI is InChI=1S/C4H6O2.C3H6O3S/c5-4-2-1-3-6-4;4-7(5)3-1-2-6-7/h1-3H2;1-3H2. The molecule has 0 radical (unpaired) electrons. The zero-order valence-electron chi connectivity index (χ0n) is 7.19. The molecule has 13 heavy (non-hydrogen) atoms. The fourth-order valence-corrected chi connectivity index (χ4v) is 1.92. The minimum atomic E-state index is -3.05. The van der Waals surface area contributed by atoms with Gasteiger partial charge in [0.1, 0.15) is 0 Å². The van der Waals surface area contributed by atoms with E-state index in [0.717, 1.165) is 6.42 Å². The molecule has 2 aliphatic rings. The van der Waals surface area contributed by atoms with E-state index in [2.05, 4.69) is 8.92 Å². The molecule has 2 saturated heterocycles. The molecule has 2 aliphatic heterocycles. The van der Waals surface area contributed by atoms with Crippen LogP contribution < -0.4 is 0 Å². The number of cyclic esters (lactones) is 1. The molecule has 0 aliphatic carbocycles. The lowest BCUT2D eigenvalue weighted by Crippen LogP contribution is -1.96. The maximum Gasteiger partial charge on any atom is 0.305 e. The summed E-state index contributed by atoms with van der Waals surface area (Å²) in [4.78, 5) is 10.0. The van der Waals surface area contributed by atoms with E-state index in [-0.39, 0.29) is 11.7 Å². The molecule has 0 N–H and O–H groups in total. The highest BCUT2D eigenvalue weighted by atomic mass is 32.2. The Hall–Kier alpha value is -0.620. The van der Waals surface area contributed by atoms with Crippen LogP contribution in [0.25, 0.3) is 0 Å². The summed E-state index contributed by atoms with van der Waals surface area (Å²) >= 11 is 0. The first-order chi connectivity index (χ1) is 6.10. The molecule has 0 atom stereocenters. The number of esters is 1. The normalized spacial score (nSPS) is 24.8. The van der Waals surface area contributed by atoms with Crippen LogP contribution in [-0.2, 0) is 23.8 Å². The van der Waals surface area contributed by atoms with E-state index >= 15 is 0 Å². The fraction of sp³-hybridized carbons (Fsp3) is 0.857. The second-order valence-corrected chi connectivity index (χ2v) is 4.52. The molecule has 5 nitrogen and oxygen atoms in total. The Morgan fingerprint density at radius 2 is 1.92 bits per heavy atom. The topological polar surface area (TPSA) is 69.7 Å². The lowest BCUT2D eigenvalue weighted by Gasteiger charge is -1.83. The molecule has 2 heterocycles. The number of rotatable bonds is 0. The molecule has 6 heteroatoms. The van der Waals surface area contributed by atoms with Gasteiger partial charge in [-0.1, -0.05) is 0 Å². The summed E-state index contributed by atoms with van der Waals surface area (Å²) in [6.07, 6.45) is 2.20. The van der Waals surface area contributed by atoms with Gasteiger partial charge in [-0.05, 0) is 12.8 Å². The van der Waals surface area contributed by atoms with Crippen molar-refractivity contribution in [2.24, 2.45) is 0 Å². The van der Waals surface area contributed by atoms with Crippen molar-refractivity contribution in [1.82, 2.24) is 0 Å². The van der Waals surface area contributed by atoms with Crippen LogP contribution in [0, 0.1) is 0 Å². The molecular weight excluding hydrogens is 196 g/mol. The van der Waals surface area contributed by atoms with Gasteiger partial charge in [-0.2, -0.15) is 8.42 Å². The first-order valence-electron chi connectivity index (χ1n) is 4.13. The fourth-order valence-electron chi connectivity index (χ4n) is 0.955. The molecule has 0 amide bonds. The van der Waals surface area contributed by atoms with E-state index in [1.807, 2.05) is 0 Å². The summed E-state index contributed by atoms with van der Waals surface area (Å²) in [5, 5.41) is 0. The molecular formula is C7H12O5S. The summed E-state index contributed by atoms with van der Waals surface area (Å²) in [6, 6.07) is 0. The van der Waals surface area contributed by atoms with E-state index in [4.69, 9.17) is 0 Å². The monoisotopic (exact) mass is 208 g/mol. The van der Waals surface area contributed by atoms with Gasteiger partial charge in [-0.15, -0.1) is 0 Å². The Labute approximate surface area is 77.1 Å². The van der Waals surface area contributed by atoms with Crippen molar-refractivity contribution < 1.29 is 22.1 Å². The van der Waals surface area contributed by atoms with Crippen molar-refractivity contribution in [1.29, 1.82) is 0 Å². The lowest BCUT2D eigenvalue weighted by atomic mass is 10.4. The van der Waals surface area contributed by atoms with Crippen LogP contribution in [0.3, 0.4) is 0 Å². The molecule has 0 aromatic heterocycles. The van der Waals surface area contributed by atoms with Crippen LogP contribution >= 0.6 is 0 Å². The zero-order valence-corrected chi connectivity index (χ0v) is 8.01. The average Bonchev–Trinajstić information content (AvgIpc) is 2.62. The van der Waals surface area contributed by atoms with E-state index in [1.165, 1.54) is 0 Å². The van der Waals surface area contributed by atoms with Crippen LogP contribution in [0.5, 0.6) is 0 Å². The second kappa shape index (κ2) is 4.57. The largest absolute Gasteiger partial charge is 0.466 e. The maximum atomic E-state index is 10.2. The Morgan fingerprint density at radius 3 is 2.08 bits per heavy atom. The van der Waals surface area contributed by atoms with Crippen LogP contribution in [0.1, 0.15) is 19.3 Å². The minimum absolute atomic E-state index is 0.0463. The van der Waals surface area contributed by atoms with Crippen LogP contribution in [0.2, 0.25) is 0 Å². The van der Waals surface area contributed by atoms with Gasteiger partial charge in [0.25, 0.3) is 10.1 Å². The number of ether oxygens (including phenoxy) is 1. The van der Waals surface area contributed by atoms with E-state index < -0.39 is 10.1 Å². The van der Waals surface area contributed by atoms with Crippen molar-refractivity contribution in [2.75, 3.05) is 19.0 Å². The first kappa shape index (κ1) is 10.5.